The van der Waals surface area contributed by atoms with Gasteiger partial charge in [-0.1, -0.05) is 6.07 Å². The van der Waals surface area contributed by atoms with Gasteiger partial charge in [-0.15, -0.1) is 11.3 Å². The summed E-state index contributed by atoms with van der Waals surface area (Å²) in [6.07, 6.45) is 1.41. The van der Waals surface area contributed by atoms with Crippen molar-refractivity contribution in [1.29, 1.82) is 0 Å². The summed E-state index contributed by atoms with van der Waals surface area (Å²) in [7, 11) is -1.14. The van der Waals surface area contributed by atoms with Crippen LogP contribution in [0.15, 0.2) is 33.6 Å². The highest BCUT2D eigenvalue weighted by molar-refractivity contribution is 7.89. The van der Waals surface area contributed by atoms with Crippen LogP contribution in [-0.4, -0.2) is 38.0 Å². The van der Waals surface area contributed by atoms with Crippen LogP contribution >= 0.6 is 11.3 Å². The molecule has 0 saturated carbocycles. The highest BCUT2D eigenvalue weighted by Crippen LogP contribution is 2.19. The van der Waals surface area contributed by atoms with Crippen molar-refractivity contribution in [2.75, 3.05) is 19.5 Å². The molecule has 2 aromatic rings. The molecule has 0 saturated heterocycles. The first kappa shape index (κ1) is 16.5. The second-order valence-electron chi connectivity index (χ2n) is 4.64. The Labute approximate surface area is 132 Å². The van der Waals surface area contributed by atoms with Crippen LogP contribution in [0, 0.1) is 12.7 Å². The molecule has 1 aromatic heterocycles. The average Bonchev–Trinajstić information content (AvgIpc) is 2.86. The Hall–Kier alpha value is -1.84. The number of anilines is 1. The molecule has 0 bridgehead atoms. The van der Waals surface area contributed by atoms with E-state index in [2.05, 4.69) is 15.5 Å². The molecule has 0 aliphatic heterocycles. The van der Waals surface area contributed by atoms with Crippen molar-refractivity contribution < 1.29 is 12.8 Å². The molecule has 0 aliphatic carbocycles. The SMILES string of the molecule is Cc1csc(NN=Cc2ccc(F)c(S(=O)(=O)N(C)C)c2)n1. The van der Waals surface area contributed by atoms with E-state index in [0.29, 0.717) is 10.7 Å². The summed E-state index contributed by atoms with van der Waals surface area (Å²) in [6, 6.07) is 3.79. The Morgan fingerprint density at radius 3 is 2.73 bits per heavy atom. The van der Waals surface area contributed by atoms with Crippen LogP contribution in [0.5, 0.6) is 0 Å². The van der Waals surface area contributed by atoms with Gasteiger partial charge in [-0.05, 0) is 24.6 Å². The van der Waals surface area contributed by atoms with Gasteiger partial charge in [0.15, 0.2) is 0 Å². The van der Waals surface area contributed by atoms with Crippen LogP contribution in [0.3, 0.4) is 0 Å². The van der Waals surface area contributed by atoms with Gasteiger partial charge in [-0.3, -0.25) is 5.43 Å². The lowest BCUT2D eigenvalue weighted by Gasteiger charge is -2.12. The van der Waals surface area contributed by atoms with Gasteiger partial charge in [0.1, 0.15) is 10.7 Å². The maximum absolute atomic E-state index is 13.7. The molecule has 6 nitrogen and oxygen atoms in total. The van der Waals surface area contributed by atoms with Crippen molar-refractivity contribution in [2.24, 2.45) is 5.10 Å². The summed E-state index contributed by atoms with van der Waals surface area (Å²) in [5.74, 6) is -0.797. The molecule has 0 fully saturated rings. The number of nitrogens with zero attached hydrogens (tertiary/aromatic N) is 3. The first-order valence-electron chi connectivity index (χ1n) is 6.24. The third-order valence-electron chi connectivity index (χ3n) is 2.71. The molecule has 1 N–H and O–H groups in total. The standard InChI is InChI=1S/C13H15FN4O2S2/c1-9-8-21-13(16-9)17-15-7-10-4-5-11(14)12(6-10)22(19,20)18(2)3/h4-8H,1-3H3,(H,16,17). The van der Waals surface area contributed by atoms with E-state index in [1.807, 2.05) is 12.3 Å². The normalized spacial score (nSPS) is 12.2. The summed E-state index contributed by atoms with van der Waals surface area (Å²) < 4.78 is 38.7. The van der Waals surface area contributed by atoms with Gasteiger partial charge in [0.2, 0.25) is 15.2 Å². The quantitative estimate of drug-likeness (QED) is 0.668. The minimum absolute atomic E-state index is 0.383. The molecule has 0 unspecified atom stereocenters. The maximum Gasteiger partial charge on any atom is 0.245 e. The third kappa shape index (κ3) is 3.67. The van der Waals surface area contributed by atoms with Gasteiger partial charge < -0.3 is 0 Å². The summed E-state index contributed by atoms with van der Waals surface area (Å²) in [4.78, 5) is 3.78. The Balaban J connectivity index is 2.23. The summed E-state index contributed by atoms with van der Waals surface area (Å²) >= 11 is 1.40. The molecule has 0 spiro atoms. The van der Waals surface area contributed by atoms with Crippen LogP contribution in [0.2, 0.25) is 0 Å². The number of halogens is 1. The van der Waals surface area contributed by atoms with E-state index in [1.54, 1.807) is 0 Å². The number of aromatic nitrogens is 1. The number of rotatable bonds is 5. The number of hydrazone groups is 1. The predicted molar refractivity (Wildman–Crippen MR) is 85.3 cm³/mol. The maximum atomic E-state index is 13.7. The van der Waals surface area contributed by atoms with E-state index < -0.39 is 15.8 Å². The van der Waals surface area contributed by atoms with Crippen LogP contribution in [0.1, 0.15) is 11.3 Å². The van der Waals surface area contributed by atoms with Crippen molar-refractivity contribution in [1.82, 2.24) is 9.29 Å². The average molecular weight is 342 g/mol. The zero-order valence-corrected chi connectivity index (χ0v) is 13.9. The number of nitrogens with one attached hydrogen (secondary N) is 1. The molecule has 1 aromatic carbocycles. The highest BCUT2D eigenvalue weighted by Gasteiger charge is 2.21. The zero-order chi connectivity index (χ0) is 16.3. The highest BCUT2D eigenvalue weighted by atomic mass is 32.2. The topological polar surface area (TPSA) is 74.7 Å². The minimum atomic E-state index is -3.84. The zero-order valence-electron chi connectivity index (χ0n) is 12.2. The fraction of sp³-hybridized carbons (Fsp3) is 0.231. The van der Waals surface area contributed by atoms with E-state index >= 15 is 0 Å². The molecule has 1 heterocycles. The minimum Gasteiger partial charge on any atom is -0.253 e. The van der Waals surface area contributed by atoms with Gasteiger partial charge in [-0.25, -0.2) is 22.1 Å². The predicted octanol–water partition coefficient (Wildman–Crippen LogP) is 2.29. The smallest absolute Gasteiger partial charge is 0.245 e. The molecular formula is C13H15FN4O2S2. The van der Waals surface area contributed by atoms with E-state index in [-0.39, 0.29) is 4.90 Å². The van der Waals surface area contributed by atoms with Crippen LogP contribution < -0.4 is 5.43 Å². The van der Waals surface area contributed by atoms with E-state index in [1.165, 1.54) is 43.8 Å². The Bertz CT molecular complexity index is 800. The number of thiazole rings is 1. The van der Waals surface area contributed by atoms with E-state index in [4.69, 9.17) is 0 Å². The lowest BCUT2D eigenvalue weighted by atomic mass is 10.2. The third-order valence-corrected chi connectivity index (χ3v) is 5.40. The molecule has 9 heteroatoms. The van der Waals surface area contributed by atoms with Crippen LogP contribution in [-0.2, 0) is 10.0 Å². The largest absolute Gasteiger partial charge is 0.253 e. The second kappa shape index (κ2) is 6.51. The van der Waals surface area contributed by atoms with Crippen LogP contribution in [0.4, 0.5) is 9.52 Å². The van der Waals surface area contributed by atoms with Crippen molar-refractivity contribution in [3.63, 3.8) is 0 Å². The number of aryl methyl sites for hydroxylation is 1. The molecule has 118 valence electrons. The van der Waals surface area contributed by atoms with Crippen LogP contribution in [0.25, 0.3) is 0 Å². The lowest BCUT2D eigenvalue weighted by Crippen LogP contribution is -2.23. The number of hydrogen-bond donors (Lipinski definition) is 1. The first-order chi connectivity index (χ1) is 10.3. The van der Waals surface area contributed by atoms with Gasteiger partial charge >= 0.3 is 0 Å². The molecule has 0 amide bonds. The molecule has 22 heavy (non-hydrogen) atoms. The lowest BCUT2D eigenvalue weighted by molar-refractivity contribution is 0.508. The summed E-state index contributed by atoms with van der Waals surface area (Å²) in [6.45, 7) is 1.86. The number of hydrogen-bond acceptors (Lipinski definition) is 6. The van der Waals surface area contributed by atoms with Gasteiger partial charge in [0, 0.05) is 19.5 Å². The molecule has 0 aliphatic rings. The van der Waals surface area contributed by atoms with Crippen molar-refractivity contribution in [3.8, 4) is 0 Å². The Morgan fingerprint density at radius 2 is 2.14 bits per heavy atom. The fourth-order valence-electron chi connectivity index (χ4n) is 1.56. The number of sulfonamides is 1. The summed E-state index contributed by atoms with van der Waals surface area (Å²) in [5.41, 5.74) is 4.07. The van der Waals surface area contributed by atoms with Crippen molar-refractivity contribution in [2.45, 2.75) is 11.8 Å². The molecule has 0 radical (unpaired) electrons. The molecule has 2 rings (SSSR count). The first-order valence-corrected chi connectivity index (χ1v) is 8.56. The van der Waals surface area contributed by atoms with Gasteiger partial charge in [0.25, 0.3) is 0 Å². The monoisotopic (exact) mass is 342 g/mol. The summed E-state index contributed by atoms with van der Waals surface area (Å²) in [5, 5.41) is 6.46. The molecular weight excluding hydrogens is 327 g/mol. The van der Waals surface area contributed by atoms with E-state index in [0.717, 1.165) is 16.1 Å². The fourth-order valence-corrected chi connectivity index (χ4v) is 3.19. The Kier molecular flexibility index (Phi) is 4.89. The molecule has 0 atom stereocenters. The van der Waals surface area contributed by atoms with Crippen molar-refractivity contribution >= 4 is 32.7 Å². The Morgan fingerprint density at radius 1 is 1.41 bits per heavy atom. The van der Waals surface area contributed by atoms with Gasteiger partial charge in [0.05, 0.1) is 11.9 Å². The van der Waals surface area contributed by atoms with Crippen molar-refractivity contribution in [3.05, 3.63) is 40.7 Å². The van der Waals surface area contributed by atoms with Gasteiger partial charge in [-0.2, -0.15) is 5.10 Å². The number of benzene rings is 1. The second-order valence-corrected chi connectivity index (χ2v) is 7.62. The van der Waals surface area contributed by atoms with E-state index in [9.17, 15) is 12.8 Å².